The minimum atomic E-state index is 0.131. The summed E-state index contributed by atoms with van der Waals surface area (Å²) >= 11 is 0. The molecule has 3 nitrogen and oxygen atoms in total. The van der Waals surface area contributed by atoms with E-state index in [2.05, 4.69) is 19.2 Å². The highest BCUT2D eigenvalue weighted by atomic mass is 16.2. The summed E-state index contributed by atoms with van der Waals surface area (Å²) in [7, 11) is 0. The van der Waals surface area contributed by atoms with E-state index in [4.69, 9.17) is 5.11 Å². The number of rotatable bonds is 7. The average molecular weight is 187 g/mol. The molecular formula is C10H21NO2. The van der Waals surface area contributed by atoms with Gasteiger partial charge in [-0.2, -0.15) is 0 Å². The van der Waals surface area contributed by atoms with Crippen LogP contribution in [0, 0.1) is 5.92 Å². The first-order chi connectivity index (χ1) is 6.16. The van der Waals surface area contributed by atoms with Crippen LogP contribution < -0.4 is 5.32 Å². The van der Waals surface area contributed by atoms with Gasteiger partial charge in [-0.15, -0.1) is 0 Å². The standard InChI is InChI=1S/C10H21NO2/c1-9(2)5-6-10(13)11-7-3-4-8-12/h9,12H,3-8H2,1-2H3,(H,11,13). The number of aliphatic hydroxyl groups excluding tert-OH is 1. The molecule has 2 N–H and O–H groups in total. The number of unbranched alkanes of at least 4 members (excludes halogenated alkanes) is 1. The minimum Gasteiger partial charge on any atom is -0.396 e. The lowest BCUT2D eigenvalue weighted by molar-refractivity contribution is -0.121. The second kappa shape index (κ2) is 8.05. The van der Waals surface area contributed by atoms with Gasteiger partial charge in [0.1, 0.15) is 0 Å². The van der Waals surface area contributed by atoms with Gasteiger partial charge in [-0.05, 0) is 25.2 Å². The normalized spacial score (nSPS) is 10.5. The lowest BCUT2D eigenvalue weighted by atomic mass is 10.1. The van der Waals surface area contributed by atoms with E-state index in [0.29, 0.717) is 18.9 Å². The quantitative estimate of drug-likeness (QED) is 0.590. The van der Waals surface area contributed by atoms with Crippen LogP contribution in [0.1, 0.15) is 39.5 Å². The second-order valence-electron chi connectivity index (χ2n) is 3.71. The molecule has 0 saturated heterocycles. The van der Waals surface area contributed by atoms with Gasteiger partial charge >= 0.3 is 0 Å². The molecule has 0 aromatic carbocycles. The molecule has 3 heteroatoms. The van der Waals surface area contributed by atoms with Gasteiger partial charge in [0.05, 0.1) is 0 Å². The van der Waals surface area contributed by atoms with E-state index < -0.39 is 0 Å². The molecule has 0 rings (SSSR count). The fraction of sp³-hybridized carbons (Fsp3) is 0.900. The average Bonchev–Trinajstić information content (AvgIpc) is 2.09. The Morgan fingerprint density at radius 3 is 2.62 bits per heavy atom. The Hall–Kier alpha value is -0.570. The number of hydrogen-bond acceptors (Lipinski definition) is 2. The van der Waals surface area contributed by atoms with Gasteiger partial charge in [-0.1, -0.05) is 13.8 Å². The van der Waals surface area contributed by atoms with Crippen molar-refractivity contribution in [1.29, 1.82) is 0 Å². The Labute approximate surface area is 80.5 Å². The van der Waals surface area contributed by atoms with E-state index in [1.54, 1.807) is 0 Å². The molecule has 0 bridgehead atoms. The molecule has 78 valence electrons. The monoisotopic (exact) mass is 187 g/mol. The molecule has 0 aromatic rings. The number of hydrogen-bond donors (Lipinski definition) is 2. The molecule has 0 radical (unpaired) electrons. The zero-order chi connectivity index (χ0) is 10.1. The van der Waals surface area contributed by atoms with Crippen LogP contribution in [0.25, 0.3) is 0 Å². The first-order valence-electron chi connectivity index (χ1n) is 5.04. The maximum Gasteiger partial charge on any atom is 0.220 e. The smallest absolute Gasteiger partial charge is 0.220 e. The molecule has 0 fully saturated rings. The van der Waals surface area contributed by atoms with Crippen molar-refractivity contribution in [1.82, 2.24) is 5.32 Å². The van der Waals surface area contributed by atoms with Gasteiger partial charge in [0.2, 0.25) is 5.91 Å². The highest BCUT2D eigenvalue weighted by Crippen LogP contribution is 2.02. The van der Waals surface area contributed by atoms with Crippen LogP contribution in [0.15, 0.2) is 0 Å². The molecule has 0 aliphatic rings. The van der Waals surface area contributed by atoms with Gasteiger partial charge in [0.15, 0.2) is 0 Å². The summed E-state index contributed by atoms with van der Waals surface area (Å²) in [6.45, 7) is 5.12. The Morgan fingerprint density at radius 1 is 1.38 bits per heavy atom. The summed E-state index contributed by atoms with van der Waals surface area (Å²) in [5.74, 6) is 0.717. The van der Waals surface area contributed by atoms with Gasteiger partial charge in [0.25, 0.3) is 0 Å². The Bertz CT molecular complexity index is 135. The van der Waals surface area contributed by atoms with Crippen LogP contribution in [0.3, 0.4) is 0 Å². The van der Waals surface area contributed by atoms with Gasteiger partial charge in [-0.25, -0.2) is 0 Å². The number of carbonyl (C=O) groups excluding carboxylic acids is 1. The SMILES string of the molecule is CC(C)CCC(=O)NCCCCO. The molecule has 0 aliphatic heterocycles. The highest BCUT2D eigenvalue weighted by molar-refractivity contribution is 5.75. The zero-order valence-corrected chi connectivity index (χ0v) is 8.68. The first kappa shape index (κ1) is 12.4. The van der Waals surface area contributed by atoms with Gasteiger partial charge in [-0.3, -0.25) is 4.79 Å². The fourth-order valence-electron chi connectivity index (χ4n) is 0.973. The molecule has 0 unspecified atom stereocenters. The molecule has 1 amide bonds. The summed E-state index contributed by atoms with van der Waals surface area (Å²) < 4.78 is 0. The van der Waals surface area contributed by atoms with Crippen LogP contribution in [-0.4, -0.2) is 24.2 Å². The highest BCUT2D eigenvalue weighted by Gasteiger charge is 2.01. The van der Waals surface area contributed by atoms with Crippen molar-refractivity contribution in [2.45, 2.75) is 39.5 Å². The van der Waals surface area contributed by atoms with E-state index in [1.165, 1.54) is 0 Å². The van der Waals surface area contributed by atoms with Crippen LogP contribution in [0.5, 0.6) is 0 Å². The van der Waals surface area contributed by atoms with Crippen molar-refractivity contribution in [2.24, 2.45) is 5.92 Å². The number of carbonyl (C=O) groups is 1. The molecule has 0 aliphatic carbocycles. The molecule has 0 aromatic heterocycles. The number of aliphatic hydroxyl groups is 1. The lowest BCUT2D eigenvalue weighted by Gasteiger charge is -2.05. The van der Waals surface area contributed by atoms with Gasteiger partial charge < -0.3 is 10.4 Å². The van der Waals surface area contributed by atoms with Crippen molar-refractivity contribution in [3.8, 4) is 0 Å². The van der Waals surface area contributed by atoms with Crippen LogP contribution in [0.4, 0.5) is 0 Å². The van der Waals surface area contributed by atoms with E-state index in [-0.39, 0.29) is 12.5 Å². The third-order valence-corrected chi connectivity index (χ3v) is 1.86. The summed E-state index contributed by atoms with van der Waals surface area (Å²) in [4.78, 5) is 11.1. The van der Waals surface area contributed by atoms with Crippen molar-refractivity contribution in [3.05, 3.63) is 0 Å². The van der Waals surface area contributed by atoms with Crippen molar-refractivity contribution in [2.75, 3.05) is 13.2 Å². The fourth-order valence-corrected chi connectivity index (χ4v) is 0.973. The summed E-state index contributed by atoms with van der Waals surface area (Å²) in [5, 5.41) is 11.3. The topological polar surface area (TPSA) is 49.3 Å². The maximum atomic E-state index is 11.1. The molecular weight excluding hydrogens is 166 g/mol. The Balaban J connectivity index is 3.20. The van der Waals surface area contributed by atoms with Crippen LogP contribution in [0.2, 0.25) is 0 Å². The predicted molar refractivity (Wildman–Crippen MR) is 53.4 cm³/mol. The van der Waals surface area contributed by atoms with Crippen molar-refractivity contribution in [3.63, 3.8) is 0 Å². The molecule has 0 saturated carbocycles. The third-order valence-electron chi connectivity index (χ3n) is 1.86. The summed E-state index contributed by atoms with van der Waals surface area (Å²) in [6, 6.07) is 0. The van der Waals surface area contributed by atoms with E-state index >= 15 is 0 Å². The summed E-state index contributed by atoms with van der Waals surface area (Å²) in [6.07, 6.45) is 3.21. The van der Waals surface area contributed by atoms with Crippen molar-refractivity contribution < 1.29 is 9.90 Å². The largest absolute Gasteiger partial charge is 0.396 e. The maximum absolute atomic E-state index is 11.1. The minimum absolute atomic E-state index is 0.131. The number of amides is 1. The van der Waals surface area contributed by atoms with E-state index in [1.807, 2.05) is 0 Å². The molecule has 0 heterocycles. The Kier molecular flexibility index (Phi) is 7.69. The van der Waals surface area contributed by atoms with E-state index in [9.17, 15) is 4.79 Å². The first-order valence-corrected chi connectivity index (χ1v) is 5.04. The Morgan fingerprint density at radius 2 is 2.08 bits per heavy atom. The molecule has 0 spiro atoms. The predicted octanol–water partition coefficient (Wildman–Crippen LogP) is 1.31. The van der Waals surface area contributed by atoms with Crippen LogP contribution in [-0.2, 0) is 4.79 Å². The molecule has 13 heavy (non-hydrogen) atoms. The summed E-state index contributed by atoms with van der Waals surface area (Å²) in [5.41, 5.74) is 0. The third kappa shape index (κ3) is 9.34. The van der Waals surface area contributed by atoms with Gasteiger partial charge in [0, 0.05) is 19.6 Å². The number of nitrogens with one attached hydrogen (secondary N) is 1. The lowest BCUT2D eigenvalue weighted by Crippen LogP contribution is -2.24. The second-order valence-corrected chi connectivity index (χ2v) is 3.71. The zero-order valence-electron chi connectivity index (χ0n) is 8.68. The molecule has 0 atom stereocenters. The van der Waals surface area contributed by atoms with E-state index in [0.717, 1.165) is 19.3 Å². The van der Waals surface area contributed by atoms with Crippen molar-refractivity contribution >= 4 is 5.91 Å². The van der Waals surface area contributed by atoms with Crippen LogP contribution >= 0.6 is 0 Å².